The molecule has 2 aromatic heterocycles. The molecule has 6 heteroatoms. The number of nitrogens with zero attached hydrogens (tertiary/aromatic N) is 4. The molecule has 0 bridgehead atoms. The zero-order chi connectivity index (χ0) is 14.4. The van der Waals surface area contributed by atoms with Gasteiger partial charge < -0.3 is 10.3 Å². The van der Waals surface area contributed by atoms with Crippen LogP contribution in [0, 0.1) is 12.8 Å². The van der Waals surface area contributed by atoms with Gasteiger partial charge in [-0.2, -0.15) is 4.98 Å². The summed E-state index contributed by atoms with van der Waals surface area (Å²) < 4.78 is 5.28. The minimum Gasteiger partial charge on any atom is -0.339 e. The van der Waals surface area contributed by atoms with E-state index in [-0.39, 0.29) is 0 Å². The number of aryl methyl sites for hydroxylation is 2. The van der Waals surface area contributed by atoms with E-state index in [1.165, 1.54) is 0 Å². The summed E-state index contributed by atoms with van der Waals surface area (Å²) in [6.45, 7) is 4.75. The maximum Gasteiger partial charge on any atom is 0.227 e. The van der Waals surface area contributed by atoms with Crippen molar-refractivity contribution in [2.24, 2.45) is 11.7 Å². The average molecular weight is 275 g/mol. The van der Waals surface area contributed by atoms with Crippen LogP contribution in [-0.4, -0.2) is 26.7 Å². The second kappa shape index (κ2) is 7.09. The fourth-order valence-electron chi connectivity index (χ4n) is 2.16. The molecule has 0 amide bonds. The summed E-state index contributed by atoms with van der Waals surface area (Å²) in [5.41, 5.74) is 6.30. The van der Waals surface area contributed by atoms with E-state index in [9.17, 15) is 0 Å². The van der Waals surface area contributed by atoms with Gasteiger partial charge in [0.05, 0.1) is 0 Å². The highest BCUT2D eigenvalue weighted by atomic mass is 16.5. The number of rotatable bonds is 7. The molecule has 0 saturated carbocycles. The lowest BCUT2D eigenvalue weighted by molar-refractivity contribution is 0.354. The van der Waals surface area contributed by atoms with Gasteiger partial charge >= 0.3 is 0 Å². The van der Waals surface area contributed by atoms with E-state index >= 15 is 0 Å². The van der Waals surface area contributed by atoms with Crippen LogP contribution in [0.3, 0.4) is 0 Å². The zero-order valence-electron chi connectivity index (χ0n) is 12.0. The Balaban J connectivity index is 1.99. The van der Waals surface area contributed by atoms with Crippen LogP contribution >= 0.6 is 0 Å². The zero-order valence-corrected chi connectivity index (χ0v) is 12.0. The molecule has 6 nitrogen and oxygen atoms in total. The van der Waals surface area contributed by atoms with Gasteiger partial charge in [-0.15, -0.1) is 0 Å². The largest absolute Gasteiger partial charge is 0.339 e. The van der Waals surface area contributed by atoms with Gasteiger partial charge in [-0.1, -0.05) is 18.5 Å². The molecule has 0 aromatic carbocycles. The van der Waals surface area contributed by atoms with Crippen molar-refractivity contribution in [3.8, 4) is 11.5 Å². The Labute approximate surface area is 118 Å². The number of hydrogen-bond acceptors (Lipinski definition) is 6. The maximum atomic E-state index is 5.60. The lowest BCUT2D eigenvalue weighted by Gasteiger charge is -2.11. The molecule has 2 aromatic rings. The quantitative estimate of drug-likeness (QED) is 0.832. The van der Waals surface area contributed by atoms with Gasteiger partial charge in [-0.05, 0) is 38.3 Å². The molecule has 0 radical (unpaired) electrons. The van der Waals surface area contributed by atoms with E-state index in [2.05, 4.69) is 27.0 Å². The molecule has 0 fully saturated rings. The van der Waals surface area contributed by atoms with Crippen LogP contribution in [0.4, 0.5) is 0 Å². The van der Waals surface area contributed by atoms with Crippen LogP contribution in [-0.2, 0) is 6.42 Å². The van der Waals surface area contributed by atoms with Crippen LogP contribution in [0.2, 0.25) is 0 Å². The fourth-order valence-corrected chi connectivity index (χ4v) is 2.16. The van der Waals surface area contributed by atoms with E-state index in [4.69, 9.17) is 10.3 Å². The average Bonchev–Trinajstić information content (AvgIpc) is 2.92. The molecule has 0 aliphatic rings. The molecule has 108 valence electrons. The second-order valence-corrected chi connectivity index (χ2v) is 4.89. The van der Waals surface area contributed by atoms with Crippen molar-refractivity contribution in [3.05, 3.63) is 24.0 Å². The van der Waals surface area contributed by atoms with Gasteiger partial charge in [0, 0.05) is 12.6 Å². The lowest BCUT2D eigenvalue weighted by atomic mass is 9.97. The highest BCUT2D eigenvalue weighted by molar-refractivity contribution is 5.46. The van der Waals surface area contributed by atoms with Crippen molar-refractivity contribution < 1.29 is 4.52 Å². The molecule has 2 heterocycles. The second-order valence-electron chi connectivity index (χ2n) is 4.89. The van der Waals surface area contributed by atoms with Gasteiger partial charge in [0.2, 0.25) is 11.7 Å². The van der Waals surface area contributed by atoms with E-state index in [0.717, 1.165) is 32.2 Å². The first-order valence-corrected chi connectivity index (χ1v) is 7.05. The third-order valence-corrected chi connectivity index (χ3v) is 3.39. The first-order valence-electron chi connectivity index (χ1n) is 7.05. The first kappa shape index (κ1) is 14.6. The number of hydrogen-bond donors (Lipinski definition) is 1. The van der Waals surface area contributed by atoms with Gasteiger partial charge in [0.25, 0.3) is 0 Å². The number of nitrogens with two attached hydrogens (primary N) is 1. The smallest absolute Gasteiger partial charge is 0.227 e. The van der Waals surface area contributed by atoms with Gasteiger partial charge in [0.1, 0.15) is 11.5 Å². The Kier molecular flexibility index (Phi) is 5.17. The fraction of sp³-hybridized carbons (Fsp3) is 0.571. The van der Waals surface area contributed by atoms with E-state index < -0.39 is 0 Å². The third kappa shape index (κ3) is 3.84. The molecule has 20 heavy (non-hydrogen) atoms. The summed E-state index contributed by atoms with van der Waals surface area (Å²) in [6, 6.07) is 1.78. The summed E-state index contributed by atoms with van der Waals surface area (Å²) in [4.78, 5) is 12.7. The van der Waals surface area contributed by atoms with Crippen LogP contribution in [0.25, 0.3) is 11.5 Å². The third-order valence-electron chi connectivity index (χ3n) is 3.39. The topological polar surface area (TPSA) is 90.7 Å². The number of aromatic nitrogens is 4. The van der Waals surface area contributed by atoms with Crippen LogP contribution in [0.1, 0.15) is 37.9 Å². The van der Waals surface area contributed by atoms with Crippen molar-refractivity contribution in [1.82, 2.24) is 20.1 Å². The Morgan fingerprint density at radius 3 is 2.85 bits per heavy atom. The molecule has 0 spiro atoms. The summed E-state index contributed by atoms with van der Waals surface area (Å²) in [7, 11) is 0. The summed E-state index contributed by atoms with van der Waals surface area (Å²) in [6.07, 6.45) is 5.68. The molecule has 2 N–H and O–H groups in total. The molecule has 0 aliphatic heterocycles. The standard InChI is InChI=1S/C14H21N5O/c1-3-11(6-8-15)4-5-13-18-14(19-20-13)12-7-9-16-10(2)17-12/h7,9,11H,3-6,8,15H2,1-2H3. The Hall–Kier alpha value is -1.82. The highest BCUT2D eigenvalue weighted by Crippen LogP contribution is 2.17. The SMILES string of the molecule is CCC(CCN)CCc1nc(-c2ccnc(C)n2)no1. The molecule has 1 atom stereocenters. The van der Waals surface area contributed by atoms with Crippen molar-refractivity contribution in [1.29, 1.82) is 0 Å². The molecular weight excluding hydrogens is 254 g/mol. The van der Waals surface area contributed by atoms with Gasteiger partial charge in [-0.25, -0.2) is 9.97 Å². The monoisotopic (exact) mass is 275 g/mol. The van der Waals surface area contributed by atoms with Gasteiger partial charge in [-0.3, -0.25) is 0 Å². The molecule has 0 saturated heterocycles. The van der Waals surface area contributed by atoms with Crippen LogP contribution in [0.5, 0.6) is 0 Å². The first-order chi connectivity index (χ1) is 9.72. The van der Waals surface area contributed by atoms with E-state index in [1.54, 1.807) is 12.3 Å². The van der Waals surface area contributed by atoms with Crippen molar-refractivity contribution >= 4 is 0 Å². The minimum absolute atomic E-state index is 0.525. The van der Waals surface area contributed by atoms with Crippen LogP contribution < -0.4 is 5.73 Å². The lowest BCUT2D eigenvalue weighted by Crippen LogP contribution is -2.09. The van der Waals surface area contributed by atoms with Gasteiger partial charge in [0.15, 0.2) is 0 Å². The van der Waals surface area contributed by atoms with Crippen molar-refractivity contribution in [2.45, 2.75) is 39.5 Å². The Morgan fingerprint density at radius 1 is 1.30 bits per heavy atom. The van der Waals surface area contributed by atoms with Crippen LogP contribution in [0.15, 0.2) is 16.8 Å². The molecular formula is C14H21N5O. The Morgan fingerprint density at radius 2 is 2.15 bits per heavy atom. The highest BCUT2D eigenvalue weighted by Gasteiger charge is 2.12. The minimum atomic E-state index is 0.525. The molecule has 2 rings (SSSR count). The normalized spacial score (nSPS) is 12.6. The van der Waals surface area contributed by atoms with E-state index in [0.29, 0.717) is 29.2 Å². The summed E-state index contributed by atoms with van der Waals surface area (Å²) in [5.74, 6) is 2.50. The Bertz CT molecular complexity index is 540. The van der Waals surface area contributed by atoms with Crippen molar-refractivity contribution in [3.63, 3.8) is 0 Å². The molecule has 1 unspecified atom stereocenters. The molecule has 0 aliphatic carbocycles. The predicted molar refractivity (Wildman–Crippen MR) is 75.8 cm³/mol. The predicted octanol–water partition coefficient (Wildman–Crippen LogP) is 2.14. The maximum absolute atomic E-state index is 5.60. The van der Waals surface area contributed by atoms with Crippen molar-refractivity contribution in [2.75, 3.05) is 6.54 Å². The summed E-state index contributed by atoms with van der Waals surface area (Å²) in [5, 5.41) is 3.98. The van der Waals surface area contributed by atoms with E-state index in [1.807, 2.05) is 6.92 Å². The summed E-state index contributed by atoms with van der Waals surface area (Å²) >= 11 is 0.